The molecule has 2 aromatic rings. The van der Waals surface area contributed by atoms with Crippen LogP contribution in [0.3, 0.4) is 0 Å². The van der Waals surface area contributed by atoms with Crippen LogP contribution in [0.2, 0.25) is 10.0 Å². The molecule has 0 bridgehead atoms. The molecule has 2 N–H and O–H groups in total. The van der Waals surface area contributed by atoms with E-state index < -0.39 is 0 Å². The number of halogens is 2. The Bertz CT molecular complexity index is 687. The van der Waals surface area contributed by atoms with Crippen LogP contribution in [0, 0.1) is 6.92 Å². The fourth-order valence-corrected chi connectivity index (χ4v) is 2.61. The summed E-state index contributed by atoms with van der Waals surface area (Å²) in [6, 6.07) is 5.58. The highest BCUT2D eigenvalue weighted by Gasteiger charge is 2.04. The van der Waals surface area contributed by atoms with Gasteiger partial charge in [0.05, 0.1) is 0 Å². The summed E-state index contributed by atoms with van der Waals surface area (Å²) in [5.74, 6) is 1.83. The second-order valence-corrected chi connectivity index (χ2v) is 6.03. The SMILES string of the molecule is CCNC(=NCc1noc(C)n1)NCCCc1ccc(Cl)cc1Cl. The number of nitrogens with zero attached hydrogens (tertiary/aromatic N) is 3. The molecule has 0 atom stereocenters. The number of rotatable bonds is 7. The number of nitrogens with one attached hydrogen (secondary N) is 2. The molecular weight excluding hydrogens is 349 g/mol. The summed E-state index contributed by atoms with van der Waals surface area (Å²) < 4.78 is 4.93. The molecule has 0 unspecified atom stereocenters. The number of hydrogen-bond donors (Lipinski definition) is 2. The largest absolute Gasteiger partial charge is 0.357 e. The topological polar surface area (TPSA) is 75.3 Å². The third kappa shape index (κ3) is 6.02. The Kier molecular flexibility index (Phi) is 7.34. The monoisotopic (exact) mass is 369 g/mol. The molecule has 0 aliphatic carbocycles. The van der Waals surface area contributed by atoms with Gasteiger partial charge in [0, 0.05) is 30.1 Å². The standard InChI is InChI=1S/C16H21Cl2N5O/c1-3-19-16(21-10-15-22-11(2)24-23-15)20-8-4-5-12-6-7-13(17)9-14(12)18/h6-7,9H,3-5,8,10H2,1-2H3,(H2,19,20,21). The molecule has 0 amide bonds. The summed E-state index contributed by atoms with van der Waals surface area (Å²) in [4.78, 5) is 8.57. The second-order valence-electron chi connectivity index (χ2n) is 5.19. The molecular formula is C16H21Cl2N5O. The van der Waals surface area contributed by atoms with Gasteiger partial charge in [-0.1, -0.05) is 34.4 Å². The molecule has 2 rings (SSSR count). The Morgan fingerprint density at radius 1 is 1.29 bits per heavy atom. The number of benzene rings is 1. The van der Waals surface area contributed by atoms with E-state index in [9.17, 15) is 0 Å². The molecule has 0 aliphatic rings. The van der Waals surface area contributed by atoms with Gasteiger partial charge < -0.3 is 15.2 Å². The lowest BCUT2D eigenvalue weighted by Crippen LogP contribution is -2.37. The Hall–Kier alpha value is -1.79. The molecule has 8 heteroatoms. The molecule has 0 spiro atoms. The predicted octanol–water partition coefficient (Wildman–Crippen LogP) is 3.37. The zero-order valence-electron chi connectivity index (χ0n) is 13.8. The lowest BCUT2D eigenvalue weighted by atomic mass is 10.1. The molecule has 6 nitrogen and oxygen atoms in total. The zero-order chi connectivity index (χ0) is 17.4. The van der Waals surface area contributed by atoms with Crippen molar-refractivity contribution in [3.05, 3.63) is 45.5 Å². The van der Waals surface area contributed by atoms with Crippen LogP contribution < -0.4 is 10.6 Å². The van der Waals surface area contributed by atoms with E-state index in [1.54, 1.807) is 13.0 Å². The molecule has 1 heterocycles. The molecule has 0 aliphatic heterocycles. The Morgan fingerprint density at radius 2 is 2.12 bits per heavy atom. The van der Waals surface area contributed by atoms with Crippen molar-refractivity contribution in [1.82, 2.24) is 20.8 Å². The number of hydrogen-bond acceptors (Lipinski definition) is 4. The summed E-state index contributed by atoms with van der Waals surface area (Å²) in [7, 11) is 0. The van der Waals surface area contributed by atoms with Crippen molar-refractivity contribution in [1.29, 1.82) is 0 Å². The van der Waals surface area contributed by atoms with Crippen molar-refractivity contribution in [2.75, 3.05) is 13.1 Å². The molecule has 24 heavy (non-hydrogen) atoms. The molecule has 130 valence electrons. The van der Waals surface area contributed by atoms with Gasteiger partial charge in [-0.15, -0.1) is 0 Å². The second kappa shape index (κ2) is 9.49. The van der Waals surface area contributed by atoms with Crippen molar-refractivity contribution in [3.63, 3.8) is 0 Å². The van der Waals surface area contributed by atoms with Crippen molar-refractivity contribution in [3.8, 4) is 0 Å². The van der Waals surface area contributed by atoms with Crippen LogP contribution in [-0.4, -0.2) is 29.2 Å². The van der Waals surface area contributed by atoms with Gasteiger partial charge in [0.1, 0.15) is 6.54 Å². The van der Waals surface area contributed by atoms with Gasteiger partial charge >= 0.3 is 0 Å². The van der Waals surface area contributed by atoms with Crippen LogP contribution in [0.15, 0.2) is 27.7 Å². The highest BCUT2D eigenvalue weighted by molar-refractivity contribution is 6.35. The fraction of sp³-hybridized carbons (Fsp3) is 0.438. The fourth-order valence-electron chi connectivity index (χ4n) is 2.11. The number of guanidine groups is 1. The van der Waals surface area contributed by atoms with Gasteiger partial charge in [0.15, 0.2) is 11.8 Å². The van der Waals surface area contributed by atoms with Crippen molar-refractivity contribution in [2.45, 2.75) is 33.2 Å². The van der Waals surface area contributed by atoms with Gasteiger partial charge in [-0.05, 0) is 37.5 Å². The first-order chi connectivity index (χ1) is 11.6. The first kappa shape index (κ1) is 18.5. The van der Waals surface area contributed by atoms with Crippen molar-refractivity contribution >= 4 is 29.2 Å². The molecule has 1 aromatic heterocycles. The Morgan fingerprint density at radius 3 is 2.79 bits per heavy atom. The van der Waals surface area contributed by atoms with Crippen LogP contribution >= 0.6 is 23.2 Å². The van der Waals surface area contributed by atoms with Crippen LogP contribution in [0.1, 0.15) is 30.6 Å². The number of aryl methyl sites for hydroxylation is 2. The van der Waals surface area contributed by atoms with Crippen LogP contribution in [0.5, 0.6) is 0 Å². The quantitative estimate of drug-likeness (QED) is 0.444. The third-order valence-electron chi connectivity index (χ3n) is 3.22. The van der Waals surface area contributed by atoms with Crippen molar-refractivity contribution in [2.24, 2.45) is 4.99 Å². The smallest absolute Gasteiger partial charge is 0.223 e. The van der Waals surface area contributed by atoms with E-state index in [0.717, 1.165) is 37.5 Å². The van der Waals surface area contributed by atoms with E-state index >= 15 is 0 Å². The third-order valence-corrected chi connectivity index (χ3v) is 3.81. The number of aromatic nitrogens is 2. The average Bonchev–Trinajstić information content (AvgIpc) is 2.96. The highest BCUT2D eigenvalue weighted by Crippen LogP contribution is 2.21. The van der Waals surface area contributed by atoms with E-state index in [-0.39, 0.29) is 0 Å². The van der Waals surface area contributed by atoms with Gasteiger partial charge in [0.25, 0.3) is 0 Å². The number of aliphatic imine (C=N–C) groups is 1. The van der Waals surface area contributed by atoms with Crippen molar-refractivity contribution < 1.29 is 4.52 Å². The molecule has 0 saturated heterocycles. The molecule has 1 aromatic carbocycles. The maximum atomic E-state index is 6.18. The highest BCUT2D eigenvalue weighted by atomic mass is 35.5. The lowest BCUT2D eigenvalue weighted by molar-refractivity contribution is 0.387. The first-order valence-electron chi connectivity index (χ1n) is 7.83. The summed E-state index contributed by atoms with van der Waals surface area (Å²) >= 11 is 12.1. The van der Waals surface area contributed by atoms with Crippen LogP contribution in [-0.2, 0) is 13.0 Å². The van der Waals surface area contributed by atoms with E-state index in [4.69, 9.17) is 27.7 Å². The Balaban J connectivity index is 1.80. The zero-order valence-corrected chi connectivity index (χ0v) is 15.3. The van der Waals surface area contributed by atoms with E-state index in [1.807, 2.05) is 19.1 Å². The summed E-state index contributed by atoms with van der Waals surface area (Å²) in [6.07, 6.45) is 1.79. The molecule has 0 saturated carbocycles. The maximum Gasteiger partial charge on any atom is 0.223 e. The Labute approximate surface area is 151 Å². The van der Waals surface area contributed by atoms with Crippen LogP contribution in [0.4, 0.5) is 0 Å². The lowest BCUT2D eigenvalue weighted by Gasteiger charge is -2.11. The minimum absolute atomic E-state index is 0.371. The van der Waals surface area contributed by atoms with Gasteiger partial charge in [-0.25, -0.2) is 4.99 Å². The summed E-state index contributed by atoms with van der Waals surface area (Å²) in [5, 5.41) is 11.7. The molecule has 0 fully saturated rings. The maximum absolute atomic E-state index is 6.18. The van der Waals surface area contributed by atoms with Crippen LogP contribution in [0.25, 0.3) is 0 Å². The van der Waals surface area contributed by atoms with E-state index in [0.29, 0.717) is 28.3 Å². The first-order valence-corrected chi connectivity index (χ1v) is 8.59. The molecule has 0 radical (unpaired) electrons. The van der Waals surface area contributed by atoms with Gasteiger partial charge in [-0.3, -0.25) is 0 Å². The summed E-state index contributed by atoms with van der Waals surface area (Å²) in [6.45, 7) is 5.70. The van der Waals surface area contributed by atoms with E-state index in [2.05, 4.69) is 25.8 Å². The minimum Gasteiger partial charge on any atom is -0.357 e. The average molecular weight is 370 g/mol. The predicted molar refractivity (Wildman–Crippen MR) is 96.6 cm³/mol. The van der Waals surface area contributed by atoms with E-state index in [1.165, 1.54) is 0 Å². The van der Waals surface area contributed by atoms with Gasteiger partial charge in [0.2, 0.25) is 5.89 Å². The normalized spacial score (nSPS) is 11.6. The summed E-state index contributed by atoms with van der Waals surface area (Å²) in [5.41, 5.74) is 1.09. The van der Waals surface area contributed by atoms with Gasteiger partial charge in [-0.2, -0.15) is 4.98 Å². The minimum atomic E-state index is 0.371.